The first-order valence-corrected chi connectivity index (χ1v) is 11.6. The average Bonchev–Trinajstić information content (AvgIpc) is 3.16. The predicted molar refractivity (Wildman–Crippen MR) is 124 cm³/mol. The van der Waals surface area contributed by atoms with Gasteiger partial charge in [-0.05, 0) is 31.4 Å². The number of hydrogen-bond acceptors (Lipinski definition) is 4. The van der Waals surface area contributed by atoms with Crippen LogP contribution >= 0.6 is 11.8 Å². The molecule has 0 aliphatic rings. The van der Waals surface area contributed by atoms with Crippen molar-refractivity contribution < 1.29 is 4.79 Å². The van der Waals surface area contributed by atoms with E-state index in [0.29, 0.717) is 18.2 Å². The van der Waals surface area contributed by atoms with Gasteiger partial charge in [-0.3, -0.25) is 4.79 Å². The van der Waals surface area contributed by atoms with E-state index in [4.69, 9.17) is 0 Å². The highest BCUT2D eigenvalue weighted by Crippen LogP contribution is 2.25. The molecule has 1 atom stereocenters. The summed E-state index contributed by atoms with van der Waals surface area (Å²) < 4.78 is 2.12. The third-order valence-corrected chi connectivity index (χ3v) is 6.05. The molecular weight excluding hydrogens is 392 g/mol. The average molecular weight is 423 g/mol. The fraction of sp³-hybridized carbons (Fsp3) is 0.375. The number of aryl methyl sites for hydroxylation is 1. The maximum Gasteiger partial charge on any atom is 0.230 e. The summed E-state index contributed by atoms with van der Waals surface area (Å²) in [6, 6.07) is 18.6. The minimum Gasteiger partial charge on any atom is -0.355 e. The topological polar surface area (TPSA) is 59.8 Å². The Bertz CT molecular complexity index is 955. The Balaban J connectivity index is 1.61. The zero-order valence-corrected chi connectivity index (χ0v) is 18.8. The van der Waals surface area contributed by atoms with E-state index < -0.39 is 0 Å². The van der Waals surface area contributed by atoms with E-state index in [1.807, 2.05) is 24.3 Å². The Kier molecular flexibility index (Phi) is 8.08. The lowest BCUT2D eigenvalue weighted by Crippen LogP contribution is -2.29. The molecule has 0 aliphatic heterocycles. The number of benzene rings is 2. The van der Waals surface area contributed by atoms with Gasteiger partial charge in [-0.2, -0.15) is 0 Å². The number of carbonyl (C=O) groups is 1. The number of amides is 1. The number of nitrogens with zero attached hydrogens (tertiary/aromatic N) is 3. The lowest BCUT2D eigenvalue weighted by atomic mass is 9.96. The summed E-state index contributed by atoms with van der Waals surface area (Å²) in [7, 11) is 0. The van der Waals surface area contributed by atoms with Gasteiger partial charge in [-0.15, -0.1) is 10.2 Å². The maximum atomic E-state index is 12.5. The fourth-order valence-electron chi connectivity index (χ4n) is 3.46. The molecular formula is C24H30N4OS. The highest BCUT2D eigenvalue weighted by atomic mass is 32.2. The molecule has 0 fully saturated rings. The summed E-state index contributed by atoms with van der Waals surface area (Å²) in [5.41, 5.74) is 3.51. The van der Waals surface area contributed by atoms with Crippen molar-refractivity contribution in [2.24, 2.45) is 0 Å². The molecule has 0 aliphatic carbocycles. The summed E-state index contributed by atoms with van der Waals surface area (Å²) in [5.74, 6) is 1.55. The van der Waals surface area contributed by atoms with E-state index in [-0.39, 0.29) is 5.91 Å². The molecule has 0 saturated carbocycles. The van der Waals surface area contributed by atoms with E-state index in [1.165, 1.54) is 22.9 Å². The SMILES string of the molecule is CCCn1c(SCC(=O)NCC(CC)c2ccccc2)nnc1-c1cccc(C)c1. The maximum absolute atomic E-state index is 12.5. The van der Waals surface area contributed by atoms with Gasteiger partial charge in [0.15, 0.2) is 11.0 Å². The van der Waals surface area contributed by atoms with Crippen molar-refractivity contribution in [3.63, 3.8) is 0 Å². The van der Waals surface area contributed by atoms with Crippen LogP contribution in [0, 0.1) is 6.92 Å². The molecule has 5 nitrogen and oxygen atoms in total. The third kappa shape index (κ3) is 5.72. The first kappa shape index (κ1) is 22.1. The summed E-state index contributed by atoms with van der Waals surface area (Å²) in [6.45, 7) is 7.83. The molecule has 1 aromatic heterocycles. The monoisotopic (exact) mass is 422 g/mol. The minimum atomic E-state index is 0.0255. The molecule has 3 rings (SSSR count). The smallest absolute Gasteiger partial charge is 0.230 e. The van der Waals surface area contributed by atoms with Gasteiger partial charge >= 0.3 is 0 Å². The van der Waals surface area contributed by atoms with Crippen LogP contribution in [-0.4, -0.2) is 33.0 Å². The third-order valence-electron chi connectivity index (χ3n) is 5.08. The molecule has 158 valence electrons. The van der Waals surface area contributed by atoms with Gasteiger partial charge in [-0.25, -0.2) is 0 Å². The number of carbonyl (C=O) groups excluding carboxylic acids is 1. The van der Waals surface area contributed by atoms with Crippen LogP contribution in [0.15, 0.2) is 59.8 Å². The standard InChI is InChI=1S/C24H30N4OS/c1-4-14-28-23(21-13-9-10-18(3)15-21)26-27-24(28)30-17-22(29)25-16-19(5-2)20-11-7-6-8-12-20/h6-13,15,19H,4-5,14,16-17H2,1-3H3,(H,25,29). The molecule has 2 aromatic carbocycles. The molecule has 0 bridgehead atoms. The highest BCUT2D eigenvalue weighted by molar-refractivity contribution is 7.99. The molecule has 1 amide bonds. The Labute approximate surface area is 183 Å². The molecule has 0 radical (unpaired) electrons. The second-order valence-electron chi connectivity index (χ2n) is 7.44. The van der Waals surface area contributed by atoms with Crippen LogP contribution in [-0.2, 0) is 11.3 Å². The second-order valence-corrected chi connectivity index (χ2v) is 8.38. The van der Waals surface area contributed by atoms with Crippen LogP contribution < -0.4 is 5.32 Å². The first-order chi connectivity index (χ1) is 14.6. The van der Waals surface area contributed by atoms with Crippen LogP contribution in [0.4, 0.5) is 0 Å². The number of nitrogens with one attached hydrogen (secondary N) is 1. The normalized spacial score (nSPS) is 12.0. The summed E-state index contributed by atoms with van der Waals surface area (Å²) >= 11 is 1.45. The zero-order chi connectivity index (χ0) is 21.3. The molecule has 1 unspecified atom stereocenters. The second kappa shape index (κ2) is 11.0. The fourth-order valence-corrected chi connectivity index (χ4v) is 4.25. The van der Waals surface area contributed by atoms with Gasteiger partial charge in [0.2, 0.25) is 5.91 Å². The Morgan fingerprint density at radius 3 is 2.60 bits per heavy atom. The van der Waals surface area contributed by atoms with Crippen LogP contribution in [0.2, 0.25) is 0 Å². The number of rotatable bonds is 10. The Morgan fingerprint density at radius 2 is 1.90 bits per heavy atom. The van der Waals surface area contributed by atoms with Crippen molar-refractivity contribution in [3.8, 4) is 11.4 Å². The van der Waals surface area contributed by atoms with Gasteiger partial charge in [0.1, 0.15) is 0 Å². The van der Waals surface area contributed by atoms with E-state index in [1.54, 1.807) is 0 Å². The van der Waals surface area contributed by atoms with Crippen molar-refractivity contribution in [1.29, 1.82) is 0 Å². The van der Waals surface area contributed by atoms with Gasteiger partial charge in [0.05, 0.1) is 5.75 Å². The highest BCUT2D eigenvalue weighted by Gasteiger charge is 2.16. The molecule has 1 heterocycles. The van der Waals surface area contributed by atoms with Crippen LogP contribution in [0.25, 0.3) is 11.4 Å². The number of hydrogen-bond donors (Lipinski definition) is 1. The van der Waals surface area contributed by atoms with Gasteiger partial charge in [-0.1, -0.05) is 79.7 Å². The Hall–Kier alpha value is -2.60. The lowest BCUT2D eigenvalue weighted by molar-refractivity contribution is -0.118. The van der Waals surface area contributed by atoms with E-state index >= 15 is 0 Å². The molecule has 3 aromatic rings. The molecule has 1 N–H and O–H groups in total. The Morgan fingerprint density at radius 1 is 1.10 bits per heavy atom. The van der Waals surface area contributed by atoms with E-state index in [2.05, 4.69) is 71.2 Å². The first-order valence-electron chi connectivity index (χ1n) is 10.6. The van der Waals surface area contributed by atoms with Gasteiger partial charge in [0, 0.05) is 24.6 Å². The predicted octanol–water partition coefficient (Wildman–Crippen LogP) is 5.07. The molecule has 30 heavy (non-hydrogen) atoms. The quantitative estimate of drug-likeness (QED) is 0.464. The van der Waals surface area contributed by atoms with Gasteiger partial charge in [0.25, 0.3) is 0 Å². The van der Waals surface area contributed by atoms with E-state index in [0.717, 1.165) is 35.9 Å². The number of aromatic nitrogens is 3. The summed E-state index contributed by atoms with van der Waals surface area (Å²) in [6.07, 6.45) is 1.97. The summed E-state index contributed by atoms with van der Waals surface area (Å²) in [5, 5.41) is 12.7. The van der Waals surface area contributed by atoms with E-state index in [9.17, 15) is 4.79 Å². The van der Waals surface area contributed by atoms with Crippen molar-refractivity contribution >= 4 is 17.7 Å². The summed E-state index contributed by atoms with van der Waals surface area (Å²) in [4.78, 5) is 12.5. The van der Waals surface area contributed by atoms with Gasteiger partial charge < -0.3 is 9.88 Å². The number of thioether (sulfide) groups is 1. The van der Waals surface area contributed by atoms with Crippen molar-refractivity contribution in [1.82, 2.24) is 20.1 Å². The molecule has 0 saturated heterocycles. The van der Waals surface area contributed by atoms with Crippen molar-refractivity contribution in [2.75, 3.05) is 12.3 Å². The molecule has 0 spiro atoms. The molecule has 6 heteroatoms. The minimum absolute atomic E-state index is 0.0255. The van der Waals surface area contributed by atoms with Crippen molar-refractivity contribution in [2.45, 2.75) is 51.2 Å². The largest absolute Gasteiger partial charge is 0.355 e. The lowest BCUT2D eigenvalue weighted by Gasteiger charge is -2.16. The van der Waals surface area contributed by atoms with Crippen LogP contribution in [0.3, 0.4) is 0 Å². The van der Waals surface area contributed by atoms with Crippen LogP contribution in [0.5, 0.6) is 0 Å². The zero-order valence-electron chi connectivity index (χ0n) is 18.0. The van der Waals surface area contributed by atoms with Crippen molar-refractivity contribution in [3.05, 3.63) is 65.7 Å². The van der Waals surface area contributed by atoms with Crippen LogP contribution in [0.1, 0.15) is 43.7 Å².